The zero-order valence-corrected chi connectivity index (χ0v) is 16.2. The van der Waals surface area contributed by atoms with Gasteiger partial charge in [0.2, 0.25) is 11.8 Å². The van der Waals surface area contributed by atoms with Gasteiger partial charge in [-0.05, 0) is 36.2 Å². The molecule has 1 fully saturated rings. The molecule has 3 aromatic rings. The molecule has 4 rings (SSSR count). The average Bonchev–Trinajstić information content (AvgIpc) is 3.37. The Morgan fingerprint density at radius 3 is 2.76 bits per heavy atom. The molecule has 1 N–H and O–H groups in total. The second-order valence-electron chi connectivity index (χ2n) is 6.89. The van der Waals surface area contributed by atoms with Crippen molar-refractivity contribution in [3.63, 3.8) is 0 Å². The average molecular weight is 390 g/mol. The largest absolute Gasteiger partial charge is 0.494 e. The highest BCUT2D eigenvalue weighted by Gasteiger charge is 2.24. The number of ether oxygens (including phenoxy) is 1. The van der Waals surface area contributed by atoms with Crippen molar-refractivity contribution in [3.8, 4) is 11.4 Å². The Labute approximate surface area is 168 Å². The first-order chi connectivity index (χ1) is 14.1. The first-order valence-electron chi connectivity index (χ1n) is 9.51. The monoisotopic (exact) mass is 390 g/mol. The van der Waals surface area contributed by atoms with Gasteiger partial charge in [-0.2, -0.15) is 5.10 Å². The number of para-hydroxylation sites is 1. The van der Waals surface area contributed by atoms with Crippen molar-refractivity contribution in [3.05, 3.63) is 66.5 Å². The van der Waals surface area contributed by atoms with Crippen LogP contribution in [-0.2, 0) is 16.0 Å². The molecule has 0 radical (unpaired) electrons. The summed E-state index contributed by atoms with van der Waals surface area (Å²) in [5, 5.41) is 7.20. The first kappa shape index (κ1) is 18.7. The predicted octanol–water partition coefficient (Wildman–Crippen LogP) is 3.19. The van der Waals surface area contributed by atoms with Crippen LogP contribution in [0.2, 0.25) is 0 Å². The minimum Gasteiger partial charge on any atom is -0.494 e. The molecule has 1 aliphatic rings. The van der Waals surface area contributed by atoms with Gasteiger partial charge >= 0.3 is 0 Å². The van der Waals surface area contributed by atoms with Crippen molar-refractivity contribution < 1.29 is 14.3 Å². The van der Waals surface area contributed by atoms with Gasteiger partial charge in [0.15, 0.2) is 0 Å². The lowest BCUT2D eigenvalue weighted by Gasteiger charge is -2.19. The van der Waals surface area contributed by atoms with E-state index in [0.29, 0.717) is 24.4 Å². The summed E-state index contributed by atoms with van der Waals surface area (Å²) in [5.74, 6) is 0.509. The Balaban J connectivity index is 1.43. The minimum atomic E-state index is -0.148. The first-order valence-corrected chi connectivity index (χ1v) is 9.51. The number of carbonyl (C=O) groups is 2. The molecule has 2 aromatic carbocycles. The molecule has 7 nitrogen and oxygen atoms in total. The van der Waals surface area contributed by atoms with Gasteiger partial charge in [0.05, 0.1) is 31.1 Å². The normalized spacial score (nSPS) is 13.6. The van der Waals surface area contributed by atoms with Crippen LogP contribution in [0, 0.1) is 0 Å². The summed E-state index contributed by atoms with van der Waals surface area (Å²) in [6.45, 7) is 0.687. The lowest BCUT2D eigenvalue weighted by atomic mass is 10.2. The maximum Gasteiger partial charge on any atom is 0.228 e. The van der Waals surface area contributed by atoms with Gasteiger partial charge in [-0.25, -0.2) is 4.68 Å². The van der Waals surface area contributed by atoms with E-state index in [4.69, 9.17) is 4.74 Å². The number of carbonyl (C=O) groups excluding carboxylic acids is 2. The molecular weight excluding hydrogens is 368 g/mol. The van der Waals surface area contributed by atoms with Crippen molar-refractivity contribution >= 4 is 23.2 Å². The fourth-order valence-corrected chi connectivity index (χ4v) is 3.45. The van der Waals surface area contributed by atoms with Gasteiger partial charge in [0.25, 0.3) is 0 Å². The topological polar surface area (TPSA) is 76.5 Å². The minimum absolute atomic E-state index is 0.0931. The number of benzene rings is 2. The van der Waals surface area contributed by atoms with Crippen LogP contribution in [0.15, 0.2) is 60.9 Å². The lowest BCUT2D eigenvalue weighted by Crippen LogP contribution is -2.24. The number of amides is 2. The summed E-state index contributed by atoms with van der Waals surface area (Å²) in [7, 11) is 1.56. The third-order valence-corrected chi connectivity index (χ3v) is 4.85. The molecule has 0 bridgehead atoms. The standard InChI is InChI=1S/C22H22N4O3/c1-29-20-13-17(9-10-19(20)25-11-5-8-22(25)28)24-21(27)12-16-14-23-26(15-16)18-6-3-2-4-7-18/h2-4,6-7,9-10,13-15H,5,8,11-12H2,1H3,(H,24,27). The predicted molar refractivity (Wildman–Crippen MR) is 110 cm³/mol. The molecule has 148 valence electrons. The van der Waals surface area contributed by atoms with E-state index >= 15 is 0 Å². The van der Waals surface area contributed by atoms with Crippen molar-refractivity contribution in [1.29, 1.82) is 0 Å². The number of hydrogen-bond donors (Lipinski definition) is 1. The lowest BCUT2D eigenvalue weighted by molar-refractivity contribution is -0.117. The Morgan fingerprint density at radius 1 is 1.21 bits per heavy atom. The van der Waals surface area contributed by atoms with E-state index in [1.807, 2.05) is 42.6 Å². The van der Waals surface area contributed by atoms with Crippen LogP contribution in [0.4, 0.5) is 11.4 Å². The van der Waals surface area contributed by atoms with Gasteiger partial charge in [-0.1, -0.05) is 18.2 Å². The second kappa shape index (κ2) is 8.18. The molecule has 0 atom stereocenters. The molecule has 1 saturated heterocycles. The molecule has 1 aliphatic heterocycles. The summed E-state index contributed by atoms with van der Waals surface area (Å²) >= 11 is 0. The Kier molecular flexibility index (Phi) is 5.29. The molecule has 2 amide bonds. The van der Waals surface area contributed by atoms with E-state index in [2.05, 4.69) is 10.4 Å². The van der Waals surface area contributed by atoms with E-state index in [9.17, 15) is 9.59 Å². The molecule has 0 unspecified atom stereocenters. The number of nitrogens with one attached hydrogen (secondary N) is 1. The third kappa shape index (κ3) is 4.13. The Morgan fingerprint density at radius 2 is 2.03 bits per heavy atom. The smallest absolute Gasteiger partial charge is 0.228 e. The fraction of sp³-hybridized carbons (Fsp3) is 0.227. The Hall–Kier alpha value is -3.61. The Bertz CT molecular complexity index is 1030. The number of rotatable bonds is 6. The summed E-state index contributed by atoms with van der Waals surface area (Å²) < 4.78 is 7.18. The van der Waals surface area contributed by atoms with Crippen molar-refractivity contribution in [2.75, 3.05) is 23.9 Å². The molecule has 0 aliphatic carbocycles. The third-order valence-electron chi connectivity index (χ3n) is 4.85. The quantitative estimate of drug-likeness (QED) is 0.701. The highest BCUT2D eigenvalue weighted by Crippen LogP contribution is 2.33. The number of anilines is 2. The van der Waals surface area contributed by atoms with Gasteiger partial charge in [-0.15, -0.1) is 0 Å². The van der Waals surface area contributed by atoms with Gasteiger partial charge < -0.3 is 15.0 Å². The number of aromatic nitrogens is 2. The van der Waals surface area contributed by atoms with Crippen LogP contribution in [-0.4, -0.2) is 35.2 Å². The zero-order valence-electron chi connectivity index (χ0n) is 16.2. The summed E-state index contributed by atoms with van der Waals surface area (Å²) in [4.78, 5) is 26.2. The maximum atomic E-state index is 12.5. The molecule has 0 saturated carbocycles. The second-order valence-corrected chi connectivity index (χ2v) is 6.89. The van der Waals surface area contributed by atoms with Crippen LogP contribution in [0.5, 0.6) is 5.75 Å². The van der Waals surface area contributed by atoms with Crippen LogP contribution >= 0.6 is 0 Å². The van der Waals surface area contributed by atoms with Crippen molar-refractivity contribution in [2.45, 2.75) is 19.3 Å². The fourth-order valence-electron chi connectivity index (χ4n) is 3.45. The van der Waals surface area contributed by atoms with Crippen molar-refractivity contribution in [2.24, 2.45) is 0 Å². The molecular formula is C22H22N4O3. The van der Waals surface area contributed by atoms with Gasteiger partial charge in [0, 0.05) is 30.9 Å². The van der Waals surface area contributed by atoms with Crippen LogP contribution < -0.4 is 15.0 Å². The van der Waals surface area contributed by atoms with E-state index in [-0.39, 0.29) is 18.2 Å². The zero-order chi connectivity index (χ0) is 20.2. The van der Waals surface area contributed by atoms with Crippen LogP contribution in [0.1, 0.15) is 18.4 Å². The number of nitrogens with zero attached hydrogens (tertiary/aromatic N) is 3. The van der Waals surface area contributed by atoms with E-state index in [1.54, 1.807) is 35.0 Å². The molecule has 0 spiro atoms. The highest BCUT2D eigenvalue weighted by atomic mass is 16.5. The highest BCUT2D eigenvalue weighted by molar-refractivity contribution is 5.98. The van der Waals surface area contributed by atoms with E-state index in [0.717, 1.165) is 23.4 Å². The van der Waals surface area contributed by atoms with E-state index in [1.165, 1.54) is 0 Å². The molecule has 2 heterocycles. The van der Waals surface area contributed by atoms with Gasteiger partial charge in [-0.3, -0.25) is 9.59 Å². The van der Waals surface area contributed by atoms with Crippen molar-refractivity contribution in [1.82, 2.24) is 9.78 Å². The SMILES string of the molecule is COc1cc(NC(=O)Cc2cnn(-c3ccccc3)c2)ccc1N1CCCC1=O. The van der Waals surface area contributed by atoms with Crippen LogP contribution in [0.25, 0.3) is 5.69 Å². The molecule has 7 heteroatoms. The molecule has 29 heavy (non-hydrogen) atoms. The van der Waals surface area contributed by atoms with Crippen LogP contribution in [0.3, 0.4) is 0 Å². The van der Waals surface area contributed by atoms with Gasteiger partial charge in [0.1, 0.15) is 5.75 Å². The molecule has 1 aromatic heterocycles. The summed E-state index contributed by atoms with van der Waals surface area (Å²) in [6.07, 6.45) is 5.14. The van der Waals surface area contributed by atoms with E-state index < -0.39 is 0 Å². The number of methoxy groups -OCH3 is 1. The number of hydrogen-bond acceptors (Lipinski definition) is 4. The maximum absolute atomic E-state index is 12.5. The summed E-state index contributed by atoms with van der Waals surface area (Å²) in [5.41, 5.74) is 3.11. The summed E-state index contributed by atoms with van der Waals surface area (Å²) in [6, 6.07) is 15.1.